The molecule has 0 atom stereocenters. The SMILES string of the molecule is CCC(=CC(=O)c1ccc(OC)cc1)Nc1ccccc1. The molecule has 0 heterocycles. The highest BCUT2D eigenvalue weighted by molar-refractivity contribution is 6.05. The Morgan fingerprint density at radius 1 is 1.10 bits per heavy atom. The summed E-state index contributed by atoms with van der Waals surface area (Å²) in [6.07, 6.45) is 2.41. The van der Waals surface area contributed by atoms with E-state index in [9.17, 15) is 4.79 Å². The summed E-state index contributed by atoms with van der Waals surface area (Å²) in [7, 11) is 1.61. The first-order valence-electron chi connectivity index (χ1n) is 6.94. The van der Waals surface area contributed by atoms with Crippen molar-refractivity contribution < 1.29 is 9.53 Å². The molecule has 2 aromatic rings. The monoisotopic (exact) mass is 281 g/mol. The zero-order chi connectivity index (χ0) is 15.1. The summed E-state index contributed by atoms with van der Waals surface area (Å²) in [6.45, 7) is 2.02. The summed E-state index contributed by atoms with van der Waals surface area (Å²) in [4.78, 5) is 12.2. The number of anilines is 1. The topological polar surface area (TPSA) is 38.3 Å². The molecule has 0 aliphatic heterocycles. The van der Waals surface area contributed by atoms with E-state index in [1.807, 2.05) is 37.3 Å². The molecule has 0 amide bonds. The van der Waals surface area contributed by atoms with E-state index in [1.165, 1.54) is 0 Å². The molecule has 2 rings (SSSR count). The number of hydrogen-bond donors (Lipinski definition) is 1. The van der Waals surface area contributed by atoms with Crippen molar-refractivity contribution in [3.8, 4) is 5.75 Å². The van der Waals surface area contributed by atoms with Crippen LogP contribution in [0.5, 0.6) is 5.75 Å². The molecule has 3 heteroatoms. The average molecular weight is 281 g/mol. The number of carbonyl (C=O) groups is 1. The number of ketones is 1. The fourth-order valence-electron chi connectivity index (χ4n) is 1.93. The summed E-state index contributed by atoms with van der Waals surface area (Å²) >= 11 is 0. The molecule has 0 saturated heterocycles. The largest absolute Gasteiger partial charge is 0.497 e. The Morgan fingerprint density at radius 3 is 2.33 bits per heavy atom. The van der Waals surface area contributed by atoms with Crippen LogP contribution in [-0.4, -0.2) is 12.9 Å². The van der Waals surface area contributed by atoms with Crippen LogP contribution in [0.1, 0.15) is 23.7 Å². The zero-order valence-corrected chi connectivity index (χ0v) is 12.3. The normalized spacial score (nSPS) is 11.0. The molecular formula is C18H19NO2. The second-order valence-electron chi connectivity index (χ2n) is 4.61. The van der Waals surface area contributed by atoms with E-state index in [0.717, 1.165) is 23.6 Å². The van der Waals surface area contributed by atoms with Crippen molar-refractivity contribution in [1.29, 1.82) is 0 Å². The Hall–Kier alpha value is -2.55. The molecule has 0 aromatic heterocycles. The van der Waals surface area contributed by atoms with Crippen LogP contribution >= 0.6 is 0 Å². The lowest BCUT2D eigenvalue weighted by molar-refractivity contribution is 0.104. The number of para-hydroxylation sites is 1. The van der Waals surface area contributed by atoms with Gasteiger partial charge in [-0.25, -0.2) is 0 Å². The highest BCUT2D eigenvalue weighted by atomic mass is 16.5. The minimum Gasteiger partial charge on any atom is -0.497 e. The van der Waals surface area contributed by atoms with Crippen molar-refractivity contribution in [3.63, 3.8) is 0 Å². The van der Waals surface area contributed by atoms with Gasteiger partial charge < -0.3 is 10.1 Å². The fourth-order valence-corrected chi connectivity index (χ4v) is 1.93. The van der Waals surface area contributed by atoms with Gasteiger partial charge in [-0.05, 0) is 42.8 Å². The maximum atomic E-state index is 12.2. The third-order valence-electron chi connectivity index (χ3n) is 3.14. The Morgan fingerprint density at radius 2 is 1.76 bits per heavy atom. The van der Waals surface area contributed by atoms with E-state index in [1.54, 1.807) is 37.5 Å². The number of methoxy groups -OCH3 is 1. The standard InChI is InChI=1S/C18H19NO2/c1-3-15(19-16-7-5-4-6-8-16)13-18(20)14-9-11-17(21-2)12-10-14/h4-13,19H,3H2,1-2H3. The van der Waals surface area contributed by atoms with Crippen LogP contribution < -0.4 is 10.1 Å². The predicted molar refractivity (Wildman–Crippen MR) is 85.8 cm³/mol. The Kier molecular flexibility index (Phi) is 5.16. The molecule has 0 aliphatic rings. The summed E-state index contributed by atoms with van der Waals surface area (Å²) < 4.78 is 5.09. The molecule has 21 heavy (non-hydrogen) atoms. The molecule has 0 radical (unpaired) electrons. The molecule has 0 aliphatic carbocycles. The van der Waals surface area contributed by atoms with Crippen LogP contribution in [-0.2, 0) is 0 Å². The zero-order valence-electron chi connectivity index (χ0n) is 12.3. The molecule has 108 valence electrons. The molecule has 0 spiro atoms. The highest BCUT2D eigenvalue weighted by Gasteiger charge is 2.05. The smallest absolute Gasteiger partial charge is 0.187 e. The second kappa shape index (κ2) is 7.29. The number of carbonyl (C=O) groups excluding carboxylic acids is 1. The van der Waals surface area contributed by atoms with Gasteiger partial charge in [-0.3, -0.25) is 4.79 Å². The van der Waals surface area contributed by atoms with Gasteiger partial charge in [0.25, 0.3) is 0 Å². The van der Waals surface area contributed by atoms with E-state index in [-0.39, 0.29) is 5.78 Å². The Labute approximate surface area is 125 Å². The van der Waals surface area contributed by atoms with Crippen LogP contribution in [0.25, 0.3) is 0 Å². The summed E-state index contributed by atoms with van der Waals surface area (Å²) in [5.74, 6) is 0.728. The number of rotatable bonds is 6. The number of allylic oxidation sites excluding steroid dienone is 2. The van der Waals surface area contributed by atoms with E-state index in [2.05, 4.69) is 5.32 Å². The Bertz CT molecular complexity index is 615. The van der Waals surface area contributed by atoms with Crippen molar-refractivity contribution in [2.24, 2.45) is 0 Å². The molecule has 2 aromatic carbocycles. The summed E-state index contributed by atoms with van der Waals surface area (Å²) in [5, 5.41) is 3.27. The maximum Gasteiger partial charge on any atom is 0.187 e. The summed E-state index contributed by atoms with van der Waals surface area (Å²) in [5.41, 5.74) is 2.52. The summed E-state index contributed by atoms with van der Waals surface area (Å²) in [6, 6.07) is 16.9. The van der Waals surface area contributed by atoms with Gasteiger partial charge in [0.1, 0.15) is 5.75 Å². The molecule has 3 nitrogen and oxygen atoms in total. The van der Waals surface area contributed by atoms with Gasteiger partial charge >= 0.3 is 0 Å². The number of ether oxygens (including phenoxy) is 1. The van der Waals surface area contributed by atoms with Crippen LogP contribution in [0.2, 0.25) is 0 Å². The molecule has 0 unspecified atom stereocenters. The quantitative estimate of drug-likeness (QED) is 0.634. The van der Waals surface area contributed by atoms with Crippen molar-refractivity contribution in [1.82, 2.24) is 0 Å². The lowest BCUT2D eigenvalue weighted by Crippen LogP contribution is -2.03. The van der Waals surface area contributed by atoms with Crippen molar-refractivity contribution in [2.45, 2.75) is 13.3 Å². The highest BCUT2D eigenvalue weighted by Crippen LogP contribution is 2.15. The van der Waals surface area contributed by atoms with Crippen molar-refractivity contribution >= 4 is 11.5 Å². The van der Waals surface area contributed by atoms with Crippen LogP contribution in [0, 0.1) is 0 Å². The van der Waals surface area contributed by atoms with Gasteiger partial charge in [-0.1, -0.05) is 25.1 Å². The van der Waals surface area contributed by atoms with E-state index in [4.69, 9.17) is 4.74 Å². The second-order valence-corrected chi connectivity index (χ2v) is 4.61. The van der Waals surface area contributed by atoms with Crippen molar-refractivity contribution in [3.05, 3.63) is 71.9 Å². The lowest BCUT2D eigenvalue weighted by Gasteiger charge is -2.09. The third kappa shape index (κ3) is 4.21. The van der Waals surface area contributed by atoms with E-state index >= 15 is 0 Å². The van der Waals surface area contributed by atoms with Crippen molar-refractivity contribution in [2.75, 3.05) is 12.4 Å². The third-order valence-corrected chi connectivity index (χ3v) is 3.14. The van der Waals surface area contributed by atoms with Crippen LogP contribution in [0.15, 0.2) is 66.4 Å². The maximum absolute atomic E-state index is 12.2. The lowest BCUT2D eigenvalue weighted by atomic mass is 10.1. The average Bonchev–Trinajstić information content (AvgIpc) is 2.55. The Balaban J connectivity index is 2.12. The van der Waals surface area contributed by atoms with Crippen LogP contribution in [0.3, 0.4) is 0 Å². The van der Waals surface area contributed by atoms with Gasteiger partial charge in [0.15, 0.2) is 5.78 Å². The number of nitrogens with one attached hydrogen (secondary N) is 1. The number of hydrogen-bond acceptors (Lipinski definition) is 3. The molecule has 0 bridgehead atoms. The fraction of sp³-hybridized carbons (Fsp3) is 0.167. The van der Waals surface area contributed by atoms with Gasteiger partial charge in [0.05, 0.1) is 7.11 Å². The molecule has 0 fully saturated rings. The number of benzene rings is 2. The van der Waals surface area contributed by atoms with Gasteiger partial charge in [0.2, 0.25) is 0 Å². The molecular weight excluding hydrogens is 262 g/mol. The van der Waals surface area contributed by atoms with E-state index in [0.29, 0.717) is 5.56 Å². The predicted octanol–water partition coefficient (Wildman–Crippen LogP) is 4.28. The van der Waals surface area contributed by atoms with E-state index < -0.39 is 0 Å². The minimum atomic E-state index is -0.0158. The first-order chi connectivity index (χ1) is 10.2. The first kappa shape index (κ1) is 14.9. The molecule has 0 saturated carbocycles. The molecule has 1 N–H and O–H groups in total. The minimum absolute atomic E-state index is 0.0158. The van der Waals surface area contributed by atoms with Gasteiger partial charge in [-0.2, -0.15) is 0 Å². The van der Waals surface area contributed by atoms with Gasteiger partial charge in [-0.15, -0.1) is 0 Å². The first-order valence-corrected chi connectivity index (χ1v) is 6.94. The van der Waals surface area contributed by atoms with Crippen LogP contribution in [0.4, 0.5) is 5.69 Å². The van der Waals surface area contributed by atoms with Gasteiger partial charge in [0, 0.05) is 23.0 Å².